The summed E-state index contributed by atoms with van der Waals surface area (Å²) in [6.07, 6.45) is 0.353. The number of hydrogen-bond acceptors (Lipinski definition) is 3. The largest absolute Gasteiger partial charge is 0.360 e. The molecule has 0 bridgehead atoms. The molecule has 2 amide bonds. The van der Waals surface area contributed by atoms with Crippen molar-refractivity contribution in [3.8, 4) is 0 Å². The first kappa shape index (κ1) is 14.4. The number of likely N-dealkylation sites (tertiary alicyclic amines) is 1. The number of carbonyl (C=O) groups excluding carboxylic acids is 2. The monoisotopic (exact) mass is 308 g/mol. The third-order valence-corrected chi connectivity index (χ3v) is 4.72. The molecular formula is C15H19ClN3O2+. The van der Waals surface area contributed by atoms with Gasteiger partial charge in [0.15, 0.2) is 6.04 Å². The summed E-state index contributed by atoms with van der Waals surface area (Å²) in [6.45, 7) is 3.53. The Kier molecular flexibility index (Phi) is 3.87. The van der Waals surface area contributed by atoms with Gasteiger partial charge in [-0.05, 0) is 24.3 Å². The van der Waals surface area contributed by atoms with Crippen molar-refractivity contribution in [2.45, 2.75) is 12.5 Å². The van der Waals surface area contributed by atoms with Crippen molar-refractivity contribution in [2.75, 3.05) is 38.1 Å². The van der Waals surface area contributed by atoms with Crippen LogP contribution in [-0.2, 0) is 9.59 Å². The number of nitrogens with zero attached hydrogens (tertiary/aromatic N) is 2. The second-order valence-corrected chi connectivity index (χ2v) is 6.11. The van der Waals surface area contributed by atoms with Gasteiger partial charge in [-0.15, -0.1) is 0 Å². The molecule has 1 atom stereocenters. The zero-order chi connectivity index (χ0) is 15.0. The summed E-state index contributed by atoms with van der Waals surface area (Å²) in [5.41, 5.74) is 1.16. The molecule has 0 saturated carbocycles. The standard InChI is InChI=1S/C15H18ClN3O2/c1-17-14(20)10-13(15(17)21)19-8-6-18(7-9-19)12-4-2-11(16)3-5-12/h2-5,13H,6-10H2,1H3/p+1/t13-/m1/s1. The van der Waals surface area contributed by atoms with E-state index in [2.05, 4.69) is 4.90 Å². The molecule has 3 rings (SSSR count). The quantitative estimate of drug-likeness (QED) is 0.770. The van der Waals surface area contributed by atoms with Crippen molar-refractivity contribution in [2.24, 2.45) is 0 Å². The van der Waals surface area contributed by atoms with Gasteiger partial charge < -0.3 is 9.80 Å². The van der Waals surface area contributed by atoms with Crippen molar-refractivity contribution in [1.29, 1.82) is 0 Å². The Morgan fingerprint density at radius 1 is 1.14 bits per heavy atom. The third kappa shape index (κ3) is 2.76. The highest BCUT2D eigenvalue weighted by molar-refractivity contribution is 6.30. The van der Waals surface area contributed by atoms with Gasteiger partial charge >= 0.3 is 0 Å². The van der Waals surface area contributed by atoms with Gasteiger partial charge in [0.2, 0.25) is 5.91 Å². The molecule has 2 saturated heterocycles. The first-order chi connectivity index (χ1) is 10.1. The van der Waals surface area contributed by atoms with Gasteiger partial charge in [0.25, 0.3) is 5.91 Å². The minimum Gasteiger partial charge on any atom is -0.360 e. The average Bonchev–Trinajstić information content (AvgIpc) is 2.76. The maximum Gasteiger partial charge on any atom is 0.287 e. The molecule has 0 radical (unpaired) electrons. The fourth-order valence-corrected chi connectivity index (χ4v) is 3.25. The number of quaternary nitrogens is 1. The van der Waals surface area contributed by atoms with Crippen LogP contribution >= 0.6 is 11.6 Å². The van der Waals surface area contributed by atoms with Crippen molar-refractivity contribution >= 4 is 29.1 Å². The summed E-state index contributed by atoms with van der Waals surface area (Å²) in [7, 11) is 1.58. The van der Waals surface area contributed by atoms with Crippen LogP contribution in [0.5, 0.6) is 0 Å². The van der Waals surface area contributed by atoms with Gasteiger partial charge in [-0.2, -0.15) is 0 Å². The number of hydrogen-bond donors (Lipinski definition) is 1. The normalized spacial score (nSPS) is 24.0. The van der Waals surface area contributed by atoms with Gasteiger partial charge in [0, 0.05) is 17.8 Å². The van der Waals surface area contributed by atoms with E-state index in [1.165, 1.54) is 9.80 Å². The second kappa shape index (κ2) is 5.66. The van der Waals surface area contributed by atoms with Crippen molar-refractivity contribution in [3.05, 3.63) is 29.3 Å². The summed E-state index contributed by atoms with van der Waals surface area (Å²) in [5.74, 6) is -0.0902. The lowest BCUT2D eigenvalue weighted by atomic mass is 10.1. The maximum absolute atomic E-state index is 12.1. The van der Waals surface area contributed by atoms with E-state index in [1.54, 1.807) is 7.05 Å². The number of likely N-dealkylation sites (N-methyl/N-ethyl adjacent to an activating group) is 1. The van der Waals surface area contributed by atoms with Gasteiger partial charge in [-0.1, -0.05) is 11.6 Å². The van der Waals surface area contributed by atoms with Gasteiger partial charge in [0.05, 0.1) is 32.6 Å². The van der Waals surface area contributed by atoms with Crippen LogP contribution in [0.1, 0.15) is 6.42 Å². The molecule has 0 spiro atoms. The van der Waals surface area contributed by atoms with Crippen LogP contribution in [0.2, 0.25) is 5.02 Å². The van der Waals surface area contributed by atoms with E-state index in [9.17, 15) is 9.59 Å². The van der Waals surface area contributed by atoms with Crippen LogP contribution in [0.15, 0.2) is 24.3 Å². The lowest BCUT2D eigenvalue weighted by Gasteiger charge is -2.35. The summed E-state index contributed by atoms with van der Waals surface area (Å²) in [4.78, 5) is 28.5. The first-order valence-electron chi connectivity index (χ1n) is 7.22. The van der Waals surface area contributed by atoms with E-state index in [4.69, 9.17) is 11.6 Å². The number of halogens is 1. The highest BCUT2D eigenvalue weighted by atomic mass is 35.5. The number of benzene rings is 1. The lowest BCUT2D eigenvalue weighted by Crippen LogP contribution is -3.19. The van der Waals surface area contributed by atoms with E-state index in [-0.39, 0.29) is 17.9 Å². The average molecular weight is 309 g/mol. The highest BCUT2D eigenvalue weighted by Gasteiger charge is 2.43. The number of amides is 2. The van der Waals surface area contributed by atoms with Crippen LogP contribution in [0, 0.1) is 0 Å². The molecule has 21 heavy (non-hydrogen) atoms. The zero-order valence-electron chi connectivity index (χ0n) is 12.0. The fraction of sp³-hybridized carbons (Fsp3) is 0.467. The van der Waals surface area contributed by atoms with E-state index in [1.807, 2.05) is 24.3 Å². The summed E-state index contributed by atoms with van der Waals surface area (Å²) >= 11 is 5.91. The van der Waals surface area contributed by atoms with E-state index >= 15 is 0 Å². The predicted molar refractivity (Wildman–Crippen MR) is 80.5 cm³/mol. The Balaban J connectivity index is 1.62. The number of carbonyl (C=O) groups is 2. The Morgan fingerprint density at radius 2 is 1.76 bits per heavy atom. The molecule has 112 valence electrons. The highest BCUT2D eigenvalue weighted by Crippen LogP contribution is 2.18. The molecule has 1 N–H and O–H groups in total. The Morgan fingerprint density at radius 3 is 2.29 bits per heavy atom. The molecule has 6 heteroatoms. The van der Waals surface area contributed by atoms with E-state index < -0.39 is 0 Å². The Labute approximate surface area is 129 Å². The Bertz CT molecular complexity index is 553. The number of anilines is 1. The summed E-state index contributed by atoms with van der Waals surface area (Å²) in [5, 5.41) is 0.737. The lowest BCUT2D eigenvalue weighted by molar-refractivity contribution is -0.915. The molecule has 2 aliphatic rings. The predicted octanol–water partition coefficient (Wildman–Crippen LogP) is -0.198. The molecule has 0 unspecified atom stereocenters. The van der Waals surface area contributed by atoms with Crippen molar-refractivity contribution < 1.29 is 14.5 Å². The fourth-order valence-electron chi connectivity index (χ4n) is 3.13. The molecular weight excluding hydrogens is 290 g/mol. The van der Waals surface area contributed by atoms with Crippen LogP contribution in [-0.4, -0.2) is 56.0 Å². The van der Waals surface area contributed by atoms with E-state index in [0.29, 0.717) is 6.42 Å². The molecule has 5 nitrogen and oxygen atoms in total. The summed E-state index contributed by atoms with van der Waals surface area (Å²) in [6, 6.07) is 7.64. The third-order valence-electron chi connectivity index (χ3n) is 4.47. The minimum atomic E-state index is -0.185. The van der Waals surface area contributed by atoms with Crippen LogP contribution in [0.25, 0.3) is 0 Å². The second-order valence-electron chi connectivity index (χ2n) is 5.67. The maximum atomic E-state index is 12.1. The number of piperazine rings is 1. The number of imide groups is 1. The zero-order valence-corrected chi connectivity index (χ0v) is 12.8. The van der Waals surface area contributed by atoms with Gasteiger partial charge in [-0.25, -0.2) is 0 Å². The number of rotatable bonds is 2. The smallest absolute Gasteiger partial charge is 0.287 e. The Hall–Kier alpha value is -1.59. The molecule has 0 aromatic heterocycles. The topological polar surface area (TPSA) is 45.1 Å². The van der Waals surface area contributed by atoms with Crippen LogP contribution < -0.4 is 9.80 Å². The van der Waals surface area contributed by atoms with Gasteiger partial charge in [-0.3, -0.25) is 14.5 Å². The molecule has 2 fully saturated rings. The minimum absolute atomic E-state index is 0.0325. The molecule has 2 aliphatic heterocycles. The van der Waals surface area contributed by atoms with Gasteiger partial charge in [0.1, 0.15) is 0 Å². The molecule has 2 heterocycles. The molecule has 0 aliphatic carbocycles. The van der Waals surface area contributed by atoms with E-state index in [0.717, 1.165) is 36.9 Å². The molecule has 1 aromatic rings. The first-order valence-corrected chi connectivity index (χ1v) is 7.59. The van der Waals surface area contributed by atoms with Crippen LogP contribution in [0.4, 0.5) is 5.69 Å². The van der Waals surface area contributed by atoms with Crippen LogP contribution in [0.3, 0.4) is 0 Å². The van der Waals surface area contributed by atoms with Crippen molar-refractivity contribution in [3.63, 3.8) is 0 Å². The summed E-state index contributed by atoms with van der Waals surface area (Å²) < 4.78 is 0. The SMILES string of the molecule is CN1C(=O)C[C@@H]([NH+]2CCN(c3ccc(Cl)cc3)CC2)C1=O. The molecule has 1 aromatic carbocycles. The number of nitrogens with one attached hydrogen (secondary N) is 1. The van der Waals surface area contributed by atoms with Crippen molar-refractivity contribution in [1.82, 2.24) is 4.90 Å².